The molecule has 3 aromatic rings. The molecule has 0 aliphatic carbocycles. The van der Waals surface area contributed by atoms with Crippen LogP contribution in [0.3, 0.4) is 0 Å². The van der Waals surface area contributed by atoms with Crippen molar-refractivity contribution in [3.8, 4) is 0 Å². The van der Waals surface area contributed by atoms with Crippen molar-refractivity contribution in [1.29, 1.82) is 0 Å². The Morgan fingerprint density at radius 2 is 1.96 bits per heavy atom. The van der Waals surface area contributed by atoms with E-state index in [1.54, 1.807) is 7.05 Å². The molecule has 0 unspecified atom stereocenters. The van der Waals surface area contributed by atoms with Gasteiger partial charge in [0, 0.05) is 19.4 Å². The summed E-state index contributed by atoms with van der Waals surface area (Å²) in [6, 6.07) is 4.05. The number of anilines is 1. The molecule has 3 N–H and O–H groups in total. The van der Waals surface area contributed by atoms with Crippen LogP contribution in [0.1, 0.15) is 27.3 Å². The van der Waals surface area contributed by atoms with Crippen molar-refractivity contribution < 1.29 is 4.79 Å². The minimum absolute atomic E-state index is 0.235. The van der Waals surface area contributed by atoms with Crippen LogP contribution in [-0.4, -0.2) is 32.9 Å². The van der Waals surface area contributed by atoms with Crippen molar-refractivity contribution in [3.05, 3.63) is 47.0 Å². The molecule has 0 spiro atoms. The molecule has 0 atom stereocenters. The van der Waals surface area contributed by atoms with Crippen molar-refractivity contribution >= 4 is 22.9 Å². The maximum absolute atomic E-state index is 12.1. The van der Waals surface area contributed by atoms with Gasteiger partial charge in [0.25, 0.3) is 5.91 Å². The molecule has 0 aliphatic rings. The van der Waals surface area contributed by atoms with E-state index in [4.69, 9.17) is 0 Å². The predicted octanol–water partition coefficient (Wildman–Crippen LogP) is 1.94. The molecule has 0 saturated heterocycles. The van der Waals surface area contributed by atoms with Crippen LogP contribution in [0.25, 0.3) is 11.0 Å². The molecule has 0 fully saturated rings. The smallest absolute Gasteiger partial charge is 0.254 e. The van der Waals surface area contributed by atoms with Crippen molar-refractivity contribution in [2.24, 2.45) is 0 Å². The van der Waals surface area contributed by atoms with Gasteiger partial charge in [-0.1, -0.05) is 6.07 Å². The first-order valence-corrected chi connectivity index (χ1v) is 7.31. The molecule has 0 radical (unpaired) electrons. The zero-order valence-corrected chi connectivity index (χ0v) is 13.3. The van der Waals surface area contributed by atoms with Crippen LogP contribution in [0.2, 0.25) is 0 Å². The summed E-state index contributed by atoms with van der Waals surface area (Å²) in [6.45, 7) is 4.42. The van der Waals surface area contributed by atoms with Gasteiger partial charge in [0.15, 0.2) is 0 Å². The number of H-pyrrole nitrogens is 1. The number of hydrogen-bond acceptors (Lipinski definition) is 5. The summed E-state index contributed by atoms with van der Waals surface area (Å²) in [5.74, 6) is 0.959. The molecule has 0 bridgehead atoms. The Balaban J connectivity index is 1.72. The summed E-state index contributed by atoms with van der Waals surface area (Å²) in [6.07, 6.45) is 2.97. The van der Waals surface area contributed by atoms with E-state index in [-0.39, 0.29) is 5.91 Å². The highest BCUT2D eigenvalue weighted by Crippen LogP contribution is 2.19. The average molecular weight is 310 g/mol. The lowest BCUT2D eigenvalue weighted by Crippen LogP contribution is -2.23. The summed E-state index contributed by atoms with van der Waals surface area (Å²) in [5, 5.41) is 5.62. The van der Waals surface area contributed by atoms with Crippen molar-refractivity contribution in [1.82, 2.24) is 25.3 Å². The molecule has 118 valence electrons. The van der Waals surface area contributed by atoms with Crippen LogP contribution in [0.5, 0.6) is 0 Å². The van der Waals surface area contributed by atoms with Crippen LogP contribution < -0.4 is 10.6 Å². The first-order chi connectivity index (χ1) is 11.1. The lowest BCUT2D eigenvalue weighted by molar-refractivity contribution is 0.0949. The van der Waals surface area contributed by atoms with Gasteiger partial charge < -0.3 is 15.6 Å². The molecule has 1 amide bonds. The van der Waals surface area contributed by atoms with Gasteiger partial charge in [0.2, 0.25) is 5.95 Å². The Bertz CT molecular complexity index is 853. The van der Waals surface area contributed by atoms with Crippen LogP contribution in [0, 0.1) is 13.8 Å². The molecule has 2 aromatic heterocycles. The predicted molar refractivity (Wildman–Crippen MR) is 88.3 cm³/mol. The first-order valence-electron chi connectivity index (χ1n) is 7.31. The van der Waals surface area contributed by atoms with Crippen LogP contribution in [0.15, 0.2) is 24.5 Å². The number of fused-ring (bicyclic) bond motifs is 1. The highest BCUT2D eigenvalue weighted by molar-refractivity contribution is 5.93. The molecule has 0 aliphatic heterocycles. The number of aryl methyl sites for hydroxylation is 2. The zero-order chi connectivity index (χ0) is 16.4. The number of imidazole rings is 1. The molecule has 0 saturated carbocycles. The number of amides is 1. The summed E-state index contributed by atoms with van der Waals surface area (Å²) in [5.41, 5.74) is 4.66. The van der Waals surface area contributed by atoms with E-state index < -0.39 is 0 Å². The van der Waals surface area contributed by atoms with Gasteiger partial charge in [0.05, 0.1) is 23.1 Å². The van der Waals surface area contributed by atoms with Gasteiger partial charge in [-0.15, -0.1) is 0 Å². The van der Waals surface area contributed by atoms with Gasteiger partial charge in [-0.25, -0.2) is 15.0 Å². The number of carbonyl (C=O) groups is 1. The minimum atomic E-state index is -0.235. The Hall–Kier alpha value is -2.96. The van der Waals surface area contributed by atoms with E-state index in [1.165, 1.54) is 18.0 Å². The maximum atomic E-state index is 12.1. The molecular weight excluding hydrogens is 292 g/mol. The average Bonchev–Trinajstić information content (AvgIpc) is 3.00. The normalized spacial score (nSPS) is 10.7. The molecule has 3 rings (SSSR count). The summed E-state index contributed by atoms with van der Waals surface area (Å²) >= 11 is 0. The molecule has 2 heterocycles. The highest BCUT2D eigenvalue weighted by atomic mass is 16.1. The molecule has 23 heavy (non-hydrogen) atoms. The van der Waals surface area contributed by atoms with Crippen LogP contribution in [0.4, 0.5) is 5.95 Å². The van der Waals surface area contributed by atoms with E-state index in [2.05, 4.69) is 43.6 Å². The topological polar surface area (TPSA) is 95.6 Å². The van der Waals surface area contributed by atoms with Crippen molar-refractivity contribution in [2.45, 2.75) is 20.4 Å². The number of aromatic nitrogens is 4. The van der Waals surface area contributed by atoms with Crippen molar-refractivity contribution in [2.75, 3.05) is 12.4 Å². The highest BCUT2D eigenvalue weighted by Gasteiger charge is 2.10. The molecule has 1 aromatic carbocycles. The standard InChI is InChI=1S/C16H18N6O/c1-9-4-5-12-14(10(9)2)22-13(21-12)8-18-15(23)11-6-19-16(17-3)20-7-11/h4-7H,8H2,1-3H3,(H,18,23)(H,21,22)(H,17,19,20). The van der Waals surface area contributed by atoms with E-state index >= 15 is 0 Å². The fraction of sp³-hybridized carbons (Fsp3) is 0.250. The lowest BCUT2D eigenvalue weighted by Gasteiger charge is -2.03. The molecular formula is C16H18N6O. The van der Waals surface area contributed by atoms with Crippen molar-refractivity contribution in [3.63, 3.8) is 0 Å². The third-order valence-electron chi connectivity index (χ3n) is 3.78. The minimum Gasteiger partial charge on any atom is -0.357 e. The largest absolute Gasteiger partial charge is 0.357 e. The Morgan fingerprint density at radius 1 is 1.22 bits per heavy atom. The van der Waals surface area contributed by atoms with E-state index in [0.29, 0.717) is 18.1 Å². The number of rotatable bonds is 4. The summed E-state index contributed by atoms with van der Waals surface area (Å²) in [4.78, 5) is 27.9. The Morgan fingerprint density at radius 3 is 2.65 bits per heavy atom. The fourth-order valence-corrected chi connectivity index (χ4v) is 2.29. The number of aromatic amines is 1. The third-order valence-corrected chi connectivity index (χ3v) is 3.78. The van der Waals surface area contributed by atoms with Crippen LogP contribution in [-0.2, 0) is 6.54 Å². The Kier molecular flexibility index (Phi) is 3.92. The Labute approximate surface area is 133 Å². The number of nitrogens with zero attached hydrogens (tertiary/aromatic N) is 3. The summed E-state index contributed by atoms with van der Waals surface area (Å²) < 4.78 is 0. The maximum Gasteiger partial charge on any atom is 0.254 e. The fourth-order valence-electron chi connectivity index (χ4n) is 2.29. The second-order valence-electron chi connectivity index (χ2n) is 5.32. The van der Waals surface area contributed by atoms with E-state index in [1.807, 2.05) is 13.0 Å². The quantitative estimate of drug-likeness (QED) is 0.684. The second-order valence-corrected chi connectivity index (χ2v) is 5.32. The number of benzene rings is 1. The number of hydrogen-bond donors (Lipinski definition) is 3. The number of carbonyl (C=O) groups excluding carboxylic acids is 1. The first kappa shape index (κ1) is 15.0. The number of nitrogens with one attached hydrogen (secondary N) is 3. The van der Waals surface area contributed by atoms with Gasteiger partial charge in [0.1, 0.15) is 5.82 Å². The van der Waals surface area contributed by atoms with Gasteiger partial charge in [-0.05, 0) is 31.0 Å². The monoisotopic (exact) mass is 310 g/mol. The molecule has 7 nitrogen and oxygen atoms in total. The van der Waals surface area contributed by atoms with Gasteiger partial charge in [-0.3, -0.25) is 4.79 Å². The zero-order valence-electron chi connectivity index (χ0n) is 13.3. The second kappa shape index (κ2) is 6.04. The van der Waals surface area contributed by atoms with Crippen LogP contribution >= 0.6 is 0 Å². The van der Waals surface area contributed by atoms with E-state index in [0.717, 1.165) is 22.4 Å². The third kappa shape index (κ3) is 2.98. The molecule has 7 heteroatoms. The lowest BCUT2D eigenvalue weighted by atomic mass is 10.1. The van der Waals surface area contributed by atoms with E-state index in [9.17, 15) is 4.79 Å². The summed E-state index contributed by atoms with van der Waals surface area (Å²) in [7, 11) is 1.72. The SMILES string of the molecule is CNc1ncc(C(=O)NCc2nc3c(C)c(C)ccc3[nH]2)cn1. The van der Waals surface area contributed by atoms with Gasteiger partial charge >= 0.3 is 0 Å². The van der Waals surface area contributed by atoms with Gasteiger partial charge in [-0.2, -0.15) is 0 Å².